The molecule has 6 rings (SSSR count). The molecule has 2 atom stereocenters. The van der Waals surface area contributed by atoms with Gasteiger partial charge in [0, 0.05) is 30.7 Å². The summed E-state index contributed by atoms with van der Waals surface area (Å²) in [4.78, 5) is 40.0. The minimum Gasteiger partial charge on any atom is -0.489 e. The normalized spacial score (nSPS) is 19.3. The molecule has 0 N–H and O–H groups in total. The Labute approximate surface area is 243 Å². The van der Waals surface area contributed by atoms with Crippen molar-refractivity contribution < 1.29 is 9.53 Å². The van der Waals surface area contributed by atoms with E-state index in [1.807, 2.05) is 80.6 Å². The number of ether oxygens (including phenoxy) is 1. The Morgan fingerprint density at radius 1 is 1.05 bits per heavy atom. The standard InChI is InChI=1S/C32H30ClN5O3/c1-4-28(39)36-18-21(3)37(19-20(36)2)30-24-17-25(33)29-23-13-6-8-15-27(23)41-16-10-9-12-22-11-5-7-14-26(22)38(31(24)34-29)32(40)35-30/h4-11,13-15,17,20-21H,1,12,16,18-19H2,2-3H3/b10-9+. The first-order valence-corrected chi connectivity index (χ1v) is 14.0. The van der Waals surface area contributed by atoms with Gasteiger partial charge >= 0.3 is 5.69 Å². The number of carbonyl (C=O) groups is 1. The van der Waals surface area contributed by atoms with E-state index in [9.17, 15) is 9.59 Å². The number of pyridine rings is 1. The fourth-order valence-electron chi connectivity index (χ4n) is 5.68. The van der Waals surface area contributed by atoms with Crippen molar-refractivity contribution >= 4 is 34.4 Å². The number of halogens is 1. The minimum atomic E-state index is -0.437. The predicted octanol–water partition coefficient (Wildman–Crippen LogP) is 5.20. The Morgan fingerprint density at radius 3 is 2.66 bits per heavy atom. The molecule has 41 heavy (non-hydrogen) atoms. The van der Waals surface area contributed by atoms with Gasteiger partial charge in [-0.05, 0) is 56.2 Å². The Morgan fingerprint density at radius 2 is 1.83 bits per heavy atom. The van der Waals surface area contributed by atoms with Gasteiger partial charge in [-0.3, -0.25) is 4.79 Å². The van der Waals surface area contributed by atoms with Gasteiger partial charge in [-0.25, -0.2) is 14.3 Å². The molecule has 2 aromatic carbocycles. The van der Waals surface area contributed by atoms with Gasteiger partial charge < -0.3 is 14.5 Å². The van der Waals surface area contributed by atoms with Gasteiger partial charge in [-0.2, -0.15) is 4.98 Å². The third-order valence-electron chi connectivity index (χ3n) is 7.73. The van der Waals surface area contributed by atoms with E-state index in [-0.39, 0.29) is 18.0 Å². The monoisotopic (exact) mass is 567 g/mol. The van der Waals surface area contributed by atoms with E-state index in [0.717, 1.165) is 11.1 Å². The summed E-state index contributed by atoms with van der Waals surface area (Å²) in [5.74, 6) is 1.03. The maximum atomic E-state index is 14.0. The number of hydrogen-bond donors (Lipinski definition) is 0. The number of nitrogens with zero attached hydrogens (tertiary/aromatic N) is 5. The molecule has 208 valence electrons. The zero-order chi connectivity index (χ0) is 28.7. The molecule has 0 saturated carbocycles. The summed E-state index contributed by atoms with van der Waals surface area (Å²) in [7, 11) is 0. The number of allylic oxidation sites excluding steroid dienone is 1. The third kappa shape index (κ3) is 4.78. The molecule has 2 aliphatic heterocycles. The highest BCUT2D eigenvalue weighted by atomic mass is 35.5. The Balaban J connectivity index is 1.63. The van der Waals surface area contributed by atoms with Gasteiger partial charge in [0.25, 0.3) is 0 Å². The van der Waals surface area contributed by atoms with Crippen molar-refractivity contribution in [3.05, 3.63) is 100 Å². The zero-order valence-electron chi connectivity index (χ0n) is 23.0. The number of aromatic nitrogens is 3. The molecule has 4 aromatic rings. The van der Waals surface area contributed by atoms with Crippen LogP contribution in [-0.2, 0) is 11.2 Å². The highest BCUT2D eigenvalue weighted by molar-refractivity contribution is 6.34. The Hall–Kier alpha value is -4.43. The molecule has 9 heteroatoms. The number of anilines is 1. The predicted molar refractivity (Wildman–Crippen MR) is 162 cm³/mol. The second kappa shape index (κ2) is 10.9. The number of carbonyl (C=O) groups excluding carboxylic acids is 1. The van der Waals surface area contributed by atoms with E-state index >= 15 is 0 Å². The van der Waals surface area contributed by atoms with Gasteiger partial charge in [0.05, 0.1) is 21.8 Å². The van der Waals surface area contributed by atoms with Crippen molar-refractivity contribution in [3.63, 3.8) is 0 Å². The van der Waals surface area contributed by atoms with E-state index in [1.54, 1.807) is 9.47 Å². The summed E-state index contributed by atoms with van der Waals surface area (Å²) in [5, 5.41) is 1.07. The second-order valence-corrected chi connectivity index (χ2v) is 10.8. The lowest BCUT2D eigenvalue weighted by Gasteiger charge is -2.44. The van der Waals surface area contributed by atoms with Crippen LogP contribution in [0.5, 0.6) is 5.75 Å². The van der Waals surface area contributed by atoms with Crippen molar-refractivity contribution in [2.24, 2.45) is 0 Å². The first-order valence-electron chi connectivity index (χ1n) is 13.7. The molecule has 2 unspecified atom stereocenters. The lowest BCUT2D eigenvalue weighted by atomic mass is 10.1. The van der Waals surface area contributed by atoms with Crippen LogP contribution in [-0.4, -0.2) is 57.1 Å². The quantitative estimate of drug-likeness (QED) is 0.244. The van der Waals surface area contributed by atoms with Gasteiger partial charge in [-0.15, -0.1) is 0 Å². The van der Waals surface area contributed by atoms with Crippen LogP contribution in [0.2, 0.25) is 5.02 Å². The minimum absolute atomic E-state index is 0.111. The molecule has 0 spiro atoms. The molecule has 8 nitrogen and oxygen atoms in total. The summed E-state index contributed by atoms with van der Waals surface area (Å²) < 4.78 is 7.68. The van der Waals surface area contributed by atoms with E-state index in [1.165, 1.54) is 6.08 Å². The first kappa shape index (κ1) is 26.8. The SMILES string of the molecule is C=CC(=O)N1CC(C)N(c2nc(=O)n3c4nc(c(Cl)cc24)-c2ccccc2OC/C=C/Cc2ccccc2-3)CC1C. The van der Waals surface area contributed by atoms with Crippen LogP contribution >= 0.6 is 11.6 Å². The number of hydrogen-bond acceptors (Lipinski definition) is 6. The third-order valence-corrected chi connectivity index (χ3v) is 8.02. The van der Waals surface area contributed by atoms with Crippen LogP contribution in [0.15, 0.2) is 84.2 Å². The Bertz CT molecular complexity index is 1760. The molecule has 0 aliphatic carbocycles. The fraction of sp³-hybridized carbons (Fsp3) is 0.250. The highest BCUT2D eigenvalue weighted by Crippen LogP contribution is 2.38. The van der Waals surface area contributed by atoms with Crippen molar-refractivity contribution in [2.75, 3.05) is 24.6 Å². The topological polar surface area (TPSA) is 80.6 Å². The molecule has 2 aromatic heterocycles. The molecule has 1 amide bonds. The zero-order valence-corrected chi connectivity index (χ0v) is 23.7. The van der Waals surface area contributed by atoms with E-state index in [4.69, 9.17) is 21.3 Å². The molecule has 4 heterocycles. The number of fused-ring (bicyclic) bond motifs is 5. The Kier molecular flexibility index (Phi) is 7.09. The van der Waals surface area contributed by atoms with Gasteiger partial charge in [0.1, 0.15) is 18.2 Å². The molecule has 2 bridgehead atoms. The van der Waals surface area contributed by atoms with Gasteiger partial charge in [0.15, 0.2) is 5.65 Å². The smallest absolute Gasteiger partial charge is 0.355 e. The number of rotatable bonds is 2. The molecular weight excluding hydrogens is 538 g/mol. The van der Waals surface area contributed by atoms with Crippen LogP contribution in [0.3, 0.4) is 0 Å². The fourth-order valence-corrected chi connectivity index (χ4v) is 5.94. The summed E-state index contributed by atoms with van der Waals surface area (Å²) in [6.45, 7) is 8.99. The van der Waals surface area contributed by atoms with Crippen LogP contribution in [0, 0.1) is 0 Å². The molecule has 0 radical (unpaired) electrons. The van der Waals surface area contributed by atoms with Crippen LogP contribution in [0.1, 0.15) is 19.4 Å². The van der Waals surface area contributed by atoms with Crippen molar-refractivity contribution in [1.29, 1.82) is 0 Å². The number of piperazine rings is 1. The summed E-state index contributed by atoms with van der Waals surface area (Å²) in [6.07, 6.45) is 5.94. The van der Waals surface area contributed by atoms with Crippen molar-refractivity contribution in [2.45, 2.75) is 32.4 Å². The molecule has 1 saturated heterocycles. The van der Waals surface area contributed by atoms with E-state index in [0.29, 0.717) is 65.1 Å². The number of amides is 1. The first-order chi connectivity index (χ1) is 19.9. The average molecular weight is 568 g/mol. The lowest BCUT2D eigenvalue weighted by molar-refractivity contribution is -0.128. The largest absolute Gasteiger partial charge is 0.489 e. The summed E-state index contributed by atoms with van der Waals surface area (Å²) in [5.41, 5.74) is 2.93. The van der Waals surface area contributed by atoms with Crippen LogP contribution < -0.4 is 15.3 Å². The maximum Gasteiger partial charge on any atom is 0.355 e. The highest BCUT2D eigenvalue weighted by Gasteiger charge is 2.34. The second-order valence-electron chi connectivity index (χ2n) is 10.4. The molecular formula is C32H30ClN5O3. The number of benzene rings is 2. The number of para-hydroxylation sites is 2. The van der Waals surface area contributed by atoms with Crippen molar-refractivity contribution in [1.82, 2.24) is 19.4 Å². The molecule has 2 aliphatic rings. The molecule has 1 fully saturated rings. The average Bonchev–Trinajstić information content (AvgIpc) is 2.98. The van der Waals surface area contributed by atoms with Crippen molar-refractivity contribution in [3.8, 4) is 22.7 Å². The summed E-state index contributed by atoms with van der Waals surface area (Å²) >= 11 is 6.96. The van der Waals surface area contributed by atoms with Crippen LogP contribution in [0.4, 0.5) is 5.82 Å². The maximum absolute atomic E-state index is 14.0. The van der Waals surface area contributed by atoms with Crippen LogP contribution in [0.25, 0.3) is 28.0 Å². The van der Waals surface area contributed by atoms with E-state index < -0.39 is 5.69 Å². The van der Waals surface area contributed by atoms with Gasteiger partial charge in [0.2, 0.25) is 5.91 Å². The lowest BCUT2D eigenvalue weighted by Crippen LogP contribution is -2.58. The summed E-state index contributed by atoms with van der Waals surface area (Å²) in [6, 6.07) is 17.0. The van der Waals surface area contributed by atoms with E-state index in [2.05, 4.69) is 16.5 Å². The van der Waals surface area contributed by atoms with Gasteiger partial charge in [-0.1, -0.05) is 60.7 Å².